The van der Waals surface area contributed by atoms with Gasteiger partial charge in [-0.25, -0.2) is 0 Å². The Bertz CT molecular complexity index is 532. The normalized spacial score (nSPS) is 10.2. The third-order valence-electron chi connectivity index (χ3n) is 2.74. The topological polar surface area (TPSA) is 38.7 Å². The van der Waals surface area contributed by atoms with Crippen LogP contribution in [0.1, 0.15) is 13.8 Å². The summed E-state index contributed by atoms with van der Waals surface area (Å²) in [4.78, 5) is 0. The van der Waals surface area contributed by atoms with Gasteiger partial charge in [-0.15, -0.1) is 0 Å². The molecule has 0 aliphatic carbocycles. The third kappa shape index (κ3) is 3.19. The lowest BCUT2D eigenvalue weighted by atomic mass is 10.1. The van der Waals surface area contributed by atoms with Crippen molar-refractivity contribution in [3.8, 4) is 28.4 Å². The molecule has 3 nitrogen and oxygen atoms in total. The molecule has 0 radical (unpaired) electrons. The minimum atomic E-state index is 0.264. The second-order valence-electron chi connectivity index (χ2n) is 4.07. The Morgan fingerprint density at radius 2 is 1.37 bits per heavy atom. The molecule has 0 aliphatic rings. The van der Waals surface area contributed by atoms with E-state index in [1.165, 1.54) is 0 Å². The van der Waals surface area contributed by atoms with Gasteiger partial charge in [-0.3, -0.25) is 0 Å². The van der Waals surface area contributed by atoms with E-state index in [1.54, 1.807) is 12.1 Å². The molecule has 2 rings (SSSR count). The molecular weight excluding hydrogens is 240 g/mol. The highest BCUT2D eigenvalue weighted by Crippen LogP contribution is 2.33. The van der Waals surface area contributed by atoms with E-state index in [2.05, 4.69) is 0 Å². The largest absolute Gasteiger partial charge is 0.508 e. The molecular formula is C16H18O3. The van der Waals surface area contributed by atoms with Crippen molar-refractivity contribution in [2.75, 3.05) is 13.2 Å². The van der Waals surface area contributed by atoms with Gasteiger partial charge in [-0.1, -0.05) is 18.2 Å². The zero-order chi connectivity index (χ0) is 13.7. The molecule has 19 heavy (non-hydrogen) atoms. The lowest BCUT2D eigenvalue weighted by molar-refractivity contribution is 0.288. The molecule has 2 aromatic rings. The Labute approximate surface area is 113 Å². The van der Waals surface area contributed by atoms with Gasteiger partial charge in [-0.2, -0.15) is 0 Å². The first-order chi connectivity index (χ1) is 9.24. The van der Waals surface area contributed by atoms with E-state index in [9.17, 15) is 5.11 Å². The Morgan fingerprint density at radius 3 is 2.00 bits per heavy atom. The van der Waals surface area contributed by atoms with Crippen LogP contribution >= 0.6 is 0 Å². The maximum atomic E-state index is 9.31. The van der Waals surface area contributed by atoms with Crippen LogP contribution in [0.5, 0.6) is 17.2 Å². The van der Waals surface area contributed by atoms with Gasteiger partial charge >= 0.3 is 0 Å². The van der Waals surface area contributed by atoms with Crippen molar-refractivity contribution in [2.24, 2.45) is 0 Å². The average molecular weight is 258 g/mol. The molecule has 0 aliphatic heterocycles. The second kappa shape index (κ2) is 6.14. The Kier molecular flexibility index (Phi) is 4.29. The van der Waals surface area contributed by atoms with Gasteiger partial charge in [0.15, 0.2) is 11.5 Å². The van der Waals surface area contributed by atoms with E-state index in [4.69, 9.17) is 9.47 Å². The number of ether oxygens (including phenoxy) is 2. The summed E-state index contributed by atoms with van der Waals surface area (Å²) in [6, 6.07) is 13.0. The van der Waals surface area contributed by atoms with E-state index >= 15 is 0 Å². The summed E-state index contributed by atoms with van der Waals surface area (Å²) < 4.78 is 11.1. The highest BCUT2D eigenvalue weighted by molar-refractivity contribution is 5.67. The van der Waals surface area contributed by atoms with Crippen molar-refractivity contribution in [3.63, 3.8) is 0 Å². The molecule has 0 saturated heterocycles. The molecule has 2 aromatic carbocycles. The van der Waals surface area contributed by atoms with E-state index in [0.29, 0.717) is 13.2 Å². The van der Waals surface area contributed by atoms with Crippen molar-refractivity contribution >= 4 is 0 Å². The van der Waals surface area contributed by atoms with E-state index in [0.717, 1.165) is 22.6 Å². The predicted octanol–water partition coefficient (Wildman–Crippen LogP) is 3.86. The molecule has 0 saturated carbocycles. The van der Waals surface area contributed by atoms with Gasteiger partial charge in [0.25, 0.3) is 0 Å². The van der Waals surface area contributed by atoms with Crippen LogP contribution in [0.15, 0.2) is 42.5 Å². The molecule has 0 aromatic heterocycles. The molecule has 0 amide bonds. The maximum Gasteiger partial charge on any atom is 0.161 e. The summed E-state index contributed by atoms with van der Waals surface area (Å²) in [5, 5.41) is 9.31. The van der Waals surface area contributed by atoms with Crippen molar-refractivity contribution < 1.29 is 14.6 Å². The fourth-order valence-electron chi connectivity index (χ4n) is 1.88. The molecule has 0 fully saturated rings. The predicted molar refractivity (Wildman–Crippen MR) is 75.9 cm³/mol. The van der Waals surface area contributed by atoms with Crippen LogP contribution in [-0.2, 0) is 0 Å². The zero-order valence-electron chi connectivity index (χ0n) is 11.2. The van der Waals surface area contributed by atoms with Crippen LogP contribution in [0, 0.1) is 0 Å². The molecule has 0 spiro atoms. The second-order valence-corrected chi connectivity index (χ2v) is 4.07. The summed E-state index contributed by atoms with van der Waals surface area (Å²) in [7, 11) is 0. The van der Waals surface area contributed by atoms with Crippen LogP contribution in [0.4, 0.5) is 0 Å². The molecule has 0 atom stereocenters. The standard InChI is InChI=1S/C16H18O3/c1-3-18-15-10-7-13(11-16(15)19-4-2)12-5-8-14(17)9-6-12/h5-11,17H,3-4H2,1-2H3. The van der Waals surface area contributed by atoms with Crippen LogP contribution in [-0.4, -0.2) is 18.3 Å². The summed E-state index contributed by atoms with van der Waals surface area (Å²) in [5.74, 6) is 1.77. The molecule has 0 heterocycles. The summed E-state index contributed by atoms with van der Waals surface area (Å²) >= 11 is 0. The van der Waals surface area contributed by atoms with Crippen LogP contribution in [0.3, 0.4) is 0 Å². The average Bonchev–Trinajstić information content (AvgIpc) is 2.42. The fourth-order valence-corrected chi connectivity index (χ4v) is 1.88. The smallest absolute Gasteiger partial charge is 0.161 e. The lowest BCUT2D eigenvalue weighted by Crippen LogP contribution is -1.98. The quantitative estimate of drug-likeness (QED) is 0.885. The van der Waals surface area contributed by atoms with Gasteiger partial charge < -0.3 is 14.6 Å². The summed E-state index contributed by atoms with van der Waals surface area (Å²) in [6.45, 7) is 5.10. The van der Waals surface area contributed by atoms with Gasteiger partial charge in [-0.05, 0) is 49.2 Å². The van der Waals surface area contributed by atoms with Crippen molar-refractivity contribution in [1.29, 1.82) is 0 Å². The van der Waals surface area contributed by atoms with Gasteiger partial charge in [0.1, 0.15) is 5.75 Å². The molecule has 1 N–H and O–H groups in total. The Balaban J connectivity index is 2.36. The van der Waals surface area contributed by atoms with E-state index in [-0.39, 0.29) is 5.75 Å². The van der Waals surface area contributed by atoms with Crippen molar-refractivity contribution in [3.05, 3.63) is 42.5 Å². The number of hydrogen-bond acceptors (Lipinski definition) is 3. The number of phenols is 1. The van der Waals surface area contributed by atoms with Gasteiger partial charge in [0.05, 0.1) is 13.2 Å². The highest BCUT2D eigenvalue weighted by atomic mass is 16.5. The monoisotopic (exact) mass is 258 g/mol. The third-order valence-corrected chi connectivity index (χ3v) is 2.74. The minimum absolute atomic E-state index is 0.264. The highest BCUT2D eigenvalue weighted by Gasteiger charge is 2.07. The number of aromatic hydroxyl groups is 1. The fraction of sp³-hybridized carbons (Fsp3) is 0.250. The summed E-state index contributed by atoms with van der Waals surface area (Å²) in [5.41, 5.74) is 2.06. The van der Waals surface area contributed by atoms with E-state index in [1.807, 2.05) is 44.2 Å². The number of rotatable bonds is 5. The summed E-state index contributed by atoms with van der Waals surface area (Å²) in [6.07, 6.45) is 0. The Hall–Kier alpha value is -2.16. The number of benzene rings is 2. The number of phenolic OH excluding ortho intramolecular Hbond substituents is 1. The first-order valence-corrected chi connectivity index (χ1v) is 6.43. The molecule has 0 bridgehead atoms. The van der Waals surface area contributed by atoms with Crippen LogP contribution in [0.2, 0.25) is 0 Å². The first-order valence-electron chi connectivity index (χ1n) is 6.43. The SMILES string of the molecule is CCOc1ccc(-c2ccc(O)cc2)cc1OCC. The lowest BCUT2D eigenvalue weighted by Gasteiger charge is -2.12. The van der Waals surface area contributed by atoms with Crippen LogP contribution < -0.4 is 9.47 Å². The zero-order valence-corrected chi connectivity index (χ0v) is 11.2. The minimum Gasteiger partial charge on any atom is -0.508 e. The Morgan fingerprint density at radius 1 is 0.789 bits per heavy atom. The van der Waals surface area contributed by atoms with Crippen molar-refractivity contribution in [2.45, 2.75) is 13.8 Å². The molecule has 3 heteroatoms. The molecule has 0 unspecified atom stereocenters. The number of hydrogen-bond donors (Lipinski definition) is 1. The van der Waals surface area contributed by atoms with Gasteiger partial charge in [0, 0.05) is 0 Å². The van der Waals surface area contributed by atoms with E-state index < -0.39 is 0 Å². The van der Waals surface area contributed by atoms with Gasteiger partial charge in [0.2, 0.25) is 0 Å². The first kappa shape index (κ1) is 13.3. The molecule has 100 valence electrons. The van der Waals surface area contributed by atoms with Crippen molar-refractivity contribution in [1.82, 2.24) is 0 Å². The maximum absolute atomic E-state index is 9.31. The van der Waals surface area contributed by atoms with Crippen LogP contribution in [0.25, 0.3) is 11.1 Å².